The second-order valence-electron chi connectivity index (χ2n) is 8.54. The van der Waals surface area contributed by atoms with Gasteiger partial charge in [0.1, 0.15) is 5.75 Å². The first kappa shape index (κ1) is 26.8. The summed E-state index contributed by atoms with van der Waals surface area (Å²) < 4.78 is 106. The number of carbonyl (C=O) groups is 1. The topological polar surface area (TPSA) is 63.7 Å². The lowest BCUT2D eigenvalue weighted by Gasteiger charge is -2.22. The van der Waals surface area contributed by atoms with Crippen molar-refractivity contribution in [3.8, 4) is 5.75 Å². The molecule has 0 saturated carbocycles. The molecule has 1 amide bonds. The molecule has 12 heteroatoms. The number of likely N-dealkylation sites (tertiary alicyclic amines) is 1. The van der Waals surface area contributed by atoms with Gasteiger partial charge in [0.05, 0.1) is 16.0 Å². The van der Waals surface area contributed by atoms with Crippen molar-refractivity contribution in [2.45, 2.75) is 43.1 Å². The van der Waals surface area contributed by atoms with Gasteiger partial charge in [-0.2, -0.15) is 26.3 Å². The van der Waals surface area contributed by atoms with Crippen LogP contribution in [-0.2, 0) is 22.4 Å². The van der Waals surface area contributed by atoms with Gasteiger partial charge in [-0.05, 0) is 61.6 Å². The zero-order chi connectivity index (χ0) is 26.2. The molecule has 1 fully saturated rings. The van der Waals surface area contributed by atoms with Gasteiger partial charge in [-0.25, -0.2) is 8.42 Å². The normalized spacial score (nSPS) is 17.9. The molecule has 0 aliphatic carbocycles. The van der Waals surface area contributed by atoms with Gasteiger partial charge in [-0.15, -0.1) is 0 Å². The molecule has 5 nitrogen and oxygen atoms in total. The summed E-state index contributed by atoms with van der Waals surface area (Å²) in [5.74, 6) is -1.17. The Morgan fingerprint density at radius 1 is 1.09 bits per heavy atom. The third-order valence-electron chi connectivity index (χ3n) is 5.75. The SMILES string of the molecule is CC(Oc1ccc(S(C)(=O)=O)cc1C(=O)N1CCC(Cc2ccc(C(F)(F)F)cc2)C1)C(F)(F)F. The molecule has 1 aliphatic rings. The molecule has 3 rings (SSSR count). The van der Waals surface area contributed by atoms with Gasteiger partial charge in [-0.3, -0.25) is 4.79 Å². The van der Waals surface area contributed by atoms with Gasteiger partial charge in [0.25, 0.3) is 5.91 Å². The van der Waals surface area contributed by atoms with Crippen LogP contribution in [0, 0.1) is 5.92 Å². The van der Waals surface area contributed by atoms with E-state index in [2.05, 4.69) is 0 Å². The van der Waals surface area contributed by atoms with Crippen LogP contribution in [0.4, 0.5) is 26.3 Å². The summed E-state index contributed by atoms with van der Waals surface area (Å²) in [5.41, 5.74) is -0.422. The molecule has 2 atom stereocenters. The van der Waals surface area contributed by atoms with E-state index in [1.165, 1.54) is 17.0 Å². The number of amides is 1. The molecule has 192 valence electrons. The van der Waals surface area contributed by atoms with E-state index >= 15 is 0 Å². The van der Waals surface area contributed by atoms with Crippen LogP contribution in [-0.4, -0.2) is 50.9 Å². The van der Waals surface area contributed by atoms with Gasteiger partial charge in [0, 0.05) is 19.3 Å². The lowest BCUT2D eigenvalue weighted by Crippen LogP contribution is -2.33. The van der Waals surface area contributed by atoms with Crippen molar-refractivity contribution in [1.82, 2.24) is 4.90 Å². The number of hydrogen-bond acceptors (Lipinski definition) is 4. The summed E-state index contributed by atoms with van der Waals surface area (Å²) in [6, 6.07) is 7.80. The van der Waals surface area contributed by atoms with Crippen molar-refractivity contribution in [1.29, 1.82) is 0 Å². The number of sulfone groups is 1. The van der Waals surface area contributed by atoms with E-state index in [1.54, 1.807) is 0 Å². The maximum absolute atomic E-state index is 13.2. The molecule has 0 spiro atoms. The lowest BCUT2D eigenvalue weighted by molar-refractivity contribution is -0.189. The Kier molecular flexibility index (Phi) is 7.45. The van der Waals surface area contributed by atoms with E-state index in [-0.39, 0.29) is 29.5 Å². The largest absolute Gasteiger partial charge is 0.480 e. The van der Waals surface area contributed by atoms with Crippen LogP contribution in [0.2, 0.25) is 0 Å². The number of carbonyl (C=O) groups excluding carboxylic acids is 1. The predicted molar refractivity (Wildman–Crippen MR) is 115 cm³/mol. The summed E-state index contributed by atoms with van der Waals surface area (Å²) in [7, 11) is -3.75. The second kappa shape index (κ2) is 9.71. The zero-order valence-electron chi connectivity index (χ0n) is 18.8. The first-order chi connectivity index (χ1) is 16.1. The fraction of sp³-hybridized carbons (Fsp3) is 0.435. The van der Waals surface area contributed by atoms with Crippen LogP contribution < -0.4 is 4.74 Å². The molecule has 1 heterocycles. The summed E-state index contributed by atoms with van der Waals surface area (Å²) >= 11 is 0. The Labute approximate surface area is 198 Å². The summed E-state index contributed by atoms with van der Waals surface area (Å²) in [4.78, 5) is 14.3. The molecular weight excluding hydrogens is 500 g/mol. The molecule has 2 aromatic carbocycles. The maximum atomic E-state index is 13.2. The quantitative estimate of drug-likeness (QED) is 0.492. The first-order valence-corrected chi connectivity index (χ1v) is 12.5. The minimum Gasteiger partial charge on any atom is -0.480 e. The Bertz CT molecular complexity index is 1180. The molecule has 1 saturated heterocycles. The highest BCUT2D eigenvalue weighted by Gasteiger charge is 2.39. The fourth-order valence-electron chi connectivity index (χ4n) is 3.78. The number of halogens is 6. The van der Waals surface area contributed by atoms with Gasteiger partial charge >= 0.3 is 12.4 Å². The molecule has 0 radical (unpaired) electrons. The highest BCUT2D eigenvalue weighted by molar-refractivity contribution is 7.90. The number of rotatable bonds is 6. The Morgan fingerprint density at radius 3 is 2.26 bits per heavy atom. The second-order valence-corrected chi connectivity index (χ2v) is 10.6. The Morgan fingerprint density at radius 2 is 1.71 bits per heavy atom. The van der Waals surface area contributed by atoms with Crippen LogP contribution in [0.5, 0.6) is 5.75 Å². The Hall–Kier alpha value is -2.76. The summed E-state index contributed by atoms with van der Waals surface area (Å²) in [5, 5.41) is 0. The molecule has 1 aliphatic heterocycles. The Balaban J connectivity index is 1.79. The smallest absolute Gasteiger partial charge is 0.425 e. The van der Waals surface area contributed by atoms with Crippen LogP contribution in [0.25, 0.3) is 0 Å². The van der Waals surface area contributed by atoms with Crippen molar-refractivity contribution in [2.24, 2.45) is 5.92 Å². The standard InChI is InChI=1S/C23H23F6NO4S/c1-14(22(24,25)26)34-20-8-7-18(35(2,32)33)12-19(20)21(31)30-10-9-16(13-30)11-15-3-5-17(6-4-15)23(27,28)29/h3-8,12,14,16H,9-11,13H2,1-2H3. The van der Waals surface area contributed by atoms with E-state index in [4.69, 9.17) is 4.74 Å². The van der Waals surface area contributed by atoms with Crippen LogP contribution >= 0.6 is 0 Å². The van der Waals surface area contributed by atoms with Crippen LogP contribution in [0.3, 0.4) is 0 Å². The van der Waals surface area contributed by atoms with E-state index in [0.29, 0.717) is 18.4 Å². The summed E-state index contributed by atoms with van der Waals surface area (Å²) in [6.07, 6.45) is -9.54. The summed E-state index contributed by atoms with van der Waals surface area (Å²) in [6.45, 7) is 1.23. The van der Waals surface area contributed by atoms with Crippen LogP contribution in [0.15, 0.2) is 47.4 Å². The van der Waals surface area contributed by atoms with Gasteiger partial charge in [-0.1, -0.05) is 12.1 Å². The first-order valence-electron chi connectivity index (χ1n) is 10.6. The number of benzene rings is 2. The molecule has 0 N–H and O–H groups in total. The number of hydrogen-bond donors (Lipinski definition) is 0. The van der Waals surface area contributed by atoms with Crippen molar-refractivity contribution in [3.63, 3.8) is 0 Å². The van der Waals surface area contributed by atoms with Gasteiger partial charge < -0.3 is 9.64 Å². The van der Waals surface area contributed by atoms with E-state index < -0.39 is 45.5 Å². The molecule has 2 aromatic rings. The highest BCUT2D eigenvalue weighted by atomic mass is 32.2. The number of ether oxygens (including phenoxy) is 1. The highest BCUT2D eigenvalue weighted by Crippen LogP contribution is 2.32. The van der Waals surface area contributed by atoms with Crippen molar-refractivity contribution < 1.29 is 44.3 Å². The molecule has 35 heavy (non-hydrogen) atoms. The van der Waals surface area contributed by atoms with Crippen LogP contribution in [0.1, 0.15) is 34.8 Å². The van der Waals surface area contributed by atoms with E-state index in [0.717, 1.165) is 43.5 Å². The van der Waals surface area contributed by atoms with Gasteiger partial charge in [0.2, 0.25) is 0 Å². The third kappa shape index (κ3) is 6.68. The molecule has 0 aromatic heterocycles. The zero-order valence-corrected chi connectivity index (χ0v) is 19.6. The minimum absolute atomic E-state index is 0.0905. The monoisotopic (exact) mass is 523 g/mol. The minimum atomic E-state index is -4.70. The number of nitrogens with zero attached hydrogens (tertiary/aromatic N) is 1. The fourth-order valence-corrected chi connectivity index (χ4v) is 4.43. The lowest BCUT2D eigenvalue weighted by atomic mass is 9.98. The molecule has 0 bridgehead atoms. The predicted octanol–water partition coefficient (Wildman–Crippen LogP) is 5.14. The number of alkyl halides is 6. The average Bonchev–Trinajstić information content (AvgIpc) is 3.20. The van der Waals surface area contributed by atoms with Crippen molar-refractivity contribution >= 4 is 15.7 Å². The van der Waals surface area contributed by atoms with Crippen molar-refractivity contribution in [2.75, 3.05) is 19.3 Å². The molecule has 2 unspecified atom stereocenters. The van der Waals surface area contributed by atoms with Crippen molar-refractivity contribution in [3.05, 3.63) is 59.2 Å². The van der Waals surface area contributed by atoms with Gasteiger partial charge in [0.15, 0.2) is 15.9 Å². The average molecular weight is 523 g/mol. The third-order valence-corrected chi connectivity index (χ3v) is 6.86. The van der Waals surface area contributed by atoms with E-state index in [1.807, 2.05) is 0 Å². The molecular formula is C23H23F6NO4S. The van der Waals surface area contributed by atoms with E-state index in [9.17, 15) is 39.6 Å². The maximum Gasteiger partial charge on any atom is 0.425 e.